The second-order valence-corrected chi connectivity index (χ2v) is 9.67. The predicted octanol–water partition coefficient (Wildman–Crippen LogP) is -0.492. The number of piperazine rings is 1. The van der Waals surface area contributed by atoms with E-state index in [2.05, 4.69) is 19.2 Å². The lowest BCUT2D eigenvalue weighted by atomic mass is 10.1. The zero-order chi connectivity index (χ0) is 20.3. The number of amides is 1. The van der Waals surface area contributed by atoms with Gasteiger partial charge in [0, 0.05) is 12.1 Å². The van der Waals surface area contributed by atoms with Crippen molar-refractivity contribution in [3.8, 4) is 11.5 Å². The zero-order valence-electron chi connectivity index (χ0n) is 16.7. The summed E-state index contributed by atoms with van der Waals surface area (Å²) >= 11 is 0. The van der Waals surface area contributed by atoms with E-state index in [0.29, 0.717) is 63.4 Å². The van der Waals surface area contributed by atoms with Crippen LogP contribution in [0.2, 0.25) is 0 Å². The largest absolute Gasteiger partial charge is 0.486 e. The molecule has 1 atom stereocenters. The van der Waals surface area contributed by atoms with Crippen LogP contribution in [0, 0.1) is 5.92 Å². The molecule has 1 saturated heterocycles. The molecule has 2 aliphatic rings. The fraction of sp³-hybridized carbons (Fsp3) is 0.632. The van der Waals surface area contributed by atoms with Crippen molar-refractivity contribution in [2.24, 2.45) is 5.92 Å². The van der Waals surface area contributed by atoms with Crippen LogP contribution in [0.15, 0.2) is 23.1 Å². The molecular formula is C19H30N3O5S+. The fourth-order valence-corrected chi connectivity index (χ4v) is 4.71. The van der Waals surface area contributed by atoms with E-state index in [0.717, 1.165) is 4.90 Å². The molecule has 1 aromatic carbocycles. The molecule has 0 spiro atoms. The highest BCUT2D eigenvalue weighted by Gasteiger charge is 2.32. The van der Waals surface area contributed by atoms with E-state index < -0.39 is 10.0 Å². The molecule has 2 heterocycles. The number of sulfonamides is 1. The van der Waals surface area contributed by atoms with Gasteiger partial charge in [-0.25, -0.2) is 8.42 Å². The zero-order valence-corrected chi connectivity index (χ0v) is 17.5. The minimum atomic E-state index is -3.59. The number of fused-ring (bicyclic) bond motifs is 1. The summed E-state index contributed by atoms with van der Waals surface area (Å²) in [5.74, 6) is 1.43. The van der Waals surface area contributed by atoms with E-state index in [1.807, 2.05) is 6.92 Å². The minimum Gasteiger partial charge on any atom is -0.486 e. The summed E-state index contributed by atoms with van der Waals surface area (Å²) in [5.41, 5.74) is 0. The van der Waals surface area contributed by atoms with Gasteiger partial charge in [-0.2, -0.15) is 4.31 Å². The highest BCUT2D eigenvalue weighted by molar-refractivity contribution is 7.89. The Morgan fingerprint density at radius 3 is 2.43 bits per heavy atom. The van der Waals surface area contributed by atoms with Crippen LogP contribution in [0.1, 0.15) is 20.8 Å². The molecule has 9 heteroatoms. The Kier molecular flexibility index (Phi) is 6.47. The number of hydrogen-bond acceptors (Lipinski definition) is 5. The van der Waals surface area contributed by atoms with Gasteiger partial charge in [0.05, 0.1) is 31.1 Å². The average Bonchev–Trinajstić information content (AvgIpc) is 2.67. The Bertz CT molecular complexity index is 804. The van der Waals surface area contributed by atoms with Crippen molar-refractivity contribution in [1.82, 2.24) is 9.62 Å². The summed E-state index contributed by atoms with van der Waals surface area (Å²) in [6, 6.07) is 4.86. The third-order valence-electron chi connectivity index (χ3n) is 5.38. The van der Waals surface area contributed by atoms with E-state index in [1.165, 1.54) is 10.4 Å². The van der Waals surface area contributed by atoms with Crippen molar-refractivity contribution >= 4 is 15.9 Å². The molecule has 1 amide bonds. The van der Waals surface area contributed by atoms with Gasteiger partial charge in [-0.05, 0) is 25.0 Å². The minimum absolute atomic E-state index is 0.0133. The second-order valence-electron chi connectivity index (χ2n) is 7.74. The Hall–Kier alpha value is -1.84. The van der Waals surface area contributed by atoms with Crippen molar-refractivity contribution in [1.29, 1.82) is 0 Å². The highest BCUT2D eigenvalue weighted by Crippen LogP contribution is 2.33. The summed E-state index contributed by atoms with van der Waals surface area (Å²) in [6.45, 7) is 9.37. The summed E-state index contributed by atoms with van der Waals surface area (Å²) in [4.78, 5) is 13.5. The Morgan fingerprint density at radius 2 is 1.79 bits per heavy atom. The first-order valence-corrected chi connectivity index (χ1v) is 11.2. The standard InChI is InChI=1S/C19H29N3O5S/c1-14(2)15(3)20-19(23)13-21-6-8-22(9-7-21)28(24,25)16-4-5-17-18(12-16)27-11-10-26-17/h4-5,12,14-15H,6-11,13H2,1-3H3,(H,20,23)/p+1/t15-/m1/s1. The Labute approximate surface area is 166 Å². The van der Waals surface area contributed by atoms with Crippen LogP contribution in [-0.2, 0) is 14.8 Å². The van der Waals surface area contributed by atoms with Crippen molar-refractivity contribution in [2.75, 3.05) is 45.9 Å². The molecule has 1 fully saturated rings. The highest BCUT2D eigenvalue weighted by atomic mass is 32.2. The second kappa shape index (κ2) is 8.67. The van der Waals surface area contributed by atoms with Gasteiger partial charge in [0.2, 0.25) is 10.0 Å². The predicted molar refractivity (Wildman–Crippen MR) is 104 cm³/mol. The van der Waals surface area contributed by atoms with E-state index in [4.69, 9.17) is 9.47 Å². The Morgan fingerprint density at radius 1 is 1.14 bits per heavy atom. The molecule has 156 valence electrons. The summed E-state index contributed by atoms with van der Waals surface area (Å²) in [5, 5.41) is 3.01. The van der Waals surface area contributed by atoms with Crippen LogP contribution in [0.4, 0.5) is 0 Å². The van der Waals surface area contributed by atoms with Gasteiger partial charge in [0.15, 0.2) is 18.0 Å². The molecule has 1 aromatic rings. The molecule has 0 unspecified atom stereocenters. The van der Waals surface area contributed by atoms with Crippen LogP contribution in [-0.4, -0.2) is 70.6 Å². The molecule has 0 aromatic heterocycles. The maximum absolute atomic E-state index is 13.0. The number of ether oxygens (including phenoxy) is 2. The van der Waals surface area contributed by atoms with Crippen molar-refractivity contribution in [3.05, 3.63) is 18.2 Å². The number of hydrogen-bond donors (Lipinski definition) is 2. The smallest absolute Gasteiger partial charge is 0.275 e. The Balaban J connectivity index is 1.57. The lowest BCUT2D eigenvalue weighted by Gasteiger charge is -2.31. The number of benzene rings is 1. The first-order valence-electron chi connectivity index (χ1n) is 9.80. The van der Waals surface area contributed by atoms with Gasteiger partial charge in [-0.15, -0.1) is 0 Å². The first kappa shape index (κ1) is 20.9. The van der Waals surface area contributed by atoms with Crippen LogP contribution in [0.25, 0.3) is 0 Å². The third kappa shape index (κ3) is 4.76. The first-order chi connectivity index (χ1) is 13.3. The lowest BCUT2D eigenvalue weighted by molar-refractivity contribution is -0.895. The maximum atomic E-state index is 13.0. The van der Waals surface area contributed by atoms with E-state index in [-0.39, 0.29) is 16.8 Å². The third-order valence-corrected chi connectivity index (χ3v) is 7.27. The molecule has 2 aliphatic heterocycles. The molecule has 3 rings (SSSR count). The summed E-state index contributed by atoms with van der Waals surface area (Å²) in [7, 11) is -3.59. The number of nitrogens with zero attached hydrogens (tertiary/aromatic N) is 1. The topological polar surface area (TPSA) is 89.4 Å². The van der Waals surface area contributed by atoms with E-state index >= 15 is 0 Å². The van der Waals surface area contributed by atoms with Gasteiger partial charge in [-0.1, -0.05) is 13.8 Å². The molecule has 28 heavy (non-hydrogen) atoms. The van der Waals surface area contributed by atoms with E-state index in [1.54, 1.807) is 12.1 Å². The molecule has 0 saturated carbocycles. The van der Waals surface area contributed by atoms with Crippen molar-refractivity contribution in [2.45, 2.75) is 31.7 Å². The van der Waals surface area contributed by atoms with Gasteiger partial charge < -0.3 is 19.7 Å². The van der Waals surface area contributed by atoms with Crippen LogP contribution in [0.5, 0.6) is 11.5 Å². The SMILES string of the molecule is CC(C)[C@@H](C)NC(=O)C[NH+]1CCN(S(=O)(=O)c2ccc3c(c2)OCCO3)CC1. The van der Waals surface area contributed by atoms with Crippen LogP contribution >= 0.6 is 0 Å². The number of quaternary nitrogens is 1. The number of nitrogens with one attached hydrogen (secondary N) is 2. The number of rotatable bonds is 6. The van der Waals surface area contributed by atoms with Gasteiger partial charge in [0.25, 0.3) is 5.91 Å². The average molecular weight is 413 g/mol. The molecule has 0 aliphatic carbocycles. The molecule has 0 bridgehead atoms. The lowest BCUT2D eigenvalue weighted by Crippen LogP contribution is -3.15. The summed E-state index contributed by atoms with van der Waals surface area (Å²) < 4.78 is 38.4. The van der Waals surface area contributed by atoms with Gasteiger partial charge >= 0.3 is 0 Å². The van der Waals surface area contributed by atoms with Gasteiger partial charge in [0.1, 0.15) is 13.2 Å². The van der Waals surface area contributed by atoms with Crippen LogP contribution in [0.3, 0.4) is 0 Å². The monoisotopic (exact) mass is 412 g/mol. The number of carbonyl (C=O) groups is 1. The number of carbonyl (C=O) groups excluding carboxylic acids is 1. The van der Waals surface area contributed by atoms with Crippen molar-refractivity contribution in [3.63, 3.8) is 0 Å². The van der Waals surface area contributed by atoms with Crippen molar-refractivity contribution < 1.29 is 27.6 Å². The van der Waals surface area contributed by atoms with E-state index in [9.17, 15) is 13.2 Å². The fourth-order valence-electron chi connectivity index (χ4n) is 3.25. The summed E-state index contributed by atoms with van der Waals surface area (Å²) in [6.07, 6.45) is 0. The maximum Gasteiger partial charge on any atom is 0.275 e. The molecule has 8 nitrogen and oxygen atoms in total. The van der Waals surface area contributed by atoms with Gasteiger partial charge in [-0.3, -0.25) is 4.79 Å². The molecule has 2 N–H and O–H groups in total. The normalized spacial score (nSPS) is 19.4. The quantitative estimate of drug-likeness (QED) is 0.658. The molecular weight excluding hydrogens is 382 g/mol. The molecule has 0 radical (unpaired) electrons. The van der Waals surface area contributed by atoms with Crippen LogP contribution < -0.4 is 19.7 Å².